The maximum atomic E-state index is 12.4. The molecule has 1 aromatic heterocycles. The average molecular weight is 325 g/mol. The molecule has 124 valence electrons. The van der Waals surface area contributed by atoms with Crippen LogP contribution in [0.1, 0.15) is 6.42 Å². The van der Waals surface area contributed by atoms with Crippen molar-refractivity contribution in [2.24, 2.45) is 5.92 Å². The van der Waals surface area contributed by atoms with E-state index in [1.807, 2.05) is 24.3 Å². The van der Waals surface area contributed by atoms with Gasteiger partial charge in [0.25, 0.3) is 0 Å². The van der Waals surface area contributed by atoms with Gasteiger partial charge >= 0.3 is 6.18 Å². The number of nitrogens with two attached hydrogens (primary N) is 1. The van der Waals surface area contributed by atoms with Gasteiger partial charge in [-0.1, -0.05) is 12.1 Å². The standard InChI is InChI=1S/C15H18F3N5/c16-15(17,18)9-23-6-5-10(8-23)7-20-14-21-12-4-2-1-3-11(12)13(19)22-14/h1-4,10H,5-9H2,(H3,19,20,21,22)/t10-/m1/s1. The Morgan fingerprint density at radius 2 is 2.04 bits per heavy atom. The van der Waals surface area contributed by atoms with E-state index in [9.17, 15) is 13.2 Å². The number of aromatic nitrogens is 2. The van der Waals surface area contributed by atoms with Crippen LogP contribution in [0, 0.1) is 5.92 Å². The summed E-state index contributed by atoms with van der Waals surface area (Å²) in [5.41, 5.74) is 6.65. The van der Waals surface area contributed by atoms with Gasteiger partial charge in [0.15, 0.2) is 0 Å². The highest BCUT2D eigenvalue weighted by Gasteiger charge is 2.34. The van der Waals surface area contributed by atoms with Crippen LogP contribution in [0.4, 0.5) is 24.9 Å². The smallest absolute Gasteiger partial charge is 0.383 e. The second kappa shape index (κ2) is 6.19. The van der Waals surface area contributed by atoms with Crippen molar-refractivity contribution in [1.82, 2.24) is 14.9 Å². The molecule has 1 aliphatic rings. The molecular weight excluding hydrogens is 307 g/mol. The Morgan fingerprint density at radius 1 is 1.26 bits per heavy atom. The maximum absolute atomic E-state index is 12.4. The molecule has 0 amide bonds. The maximum Gasteiger partial charge on any atom is 0.401 e. The first-order chi connectivity index (χ1) is 10.9. The molecule has 1 atom stereocenters. The zero-order chi connectivity index (χ0) is 16.4. The van der Waals surface area contributed by atoms with Gasteiger partial charge in [-0.15, -0.1) is 0 Å². The van der Waals surface area contributed by atoms with E-state index >= 15 is 0 Å². The molecule has 0 aliphatic carbocycles. The number of hydrogen-bond donors (Lipinski definition) is 2. The van der Waals surface area contributed by atoms with E-state index in [4.69, 9.17) is 5.73 Å². The molecule has 0 spiro atoms. The van der Waals surface area contributed by atoms with Crippen molar-refractivity contribution >= 4 is 22.7 Å². The van der Waals surface area contributed by atoms with E-state index in [2.05, 4.69) is 15.3 Å². The zero-order valence-electron chi connectivity index (χ0n) is 12.5. The molecule has 0 radical (unpaired) electrons. The summed E-state index contributed by atoms with van der Waals surface area (Å²) < 4.78 is 37.2. The Hall–Kier alpha value is -2.09. The summed E-state index contributed by atoms with van der Waals surface area (Å²) >= 11 is 0. The van der Waals surface area contributed by atoms with Gasteiger partial charge in [0.1, 0.15) is 5.82 Å². The minimum atomic E-state index is -4.14. The molecule has 1 fully saturated rings. The number of nitrogens with zero attached hydrogens (tertiary/aromatic N) is 3. The Balaban J connectivity index is 1.59. The number of alkyl halides is 3. The second-order valence-electron chi connectivity index (χ2n) is 5.84. The van der Waals surface area contributed by atoms with Crippen LogP contribution in [0.2, 0.25) is 0 Å². The molecule has 23 heavy (non-hydrogen) atoms. The molecule has 3 N–H and O–H groups in total. The summed E-state index contributed by atoms with van der Waals surface area (Å²) in [6.45, 7) is 0.581. The number of nitrogens with one attached hydrogen (secondary N) is 1. The van der Waals surface area contributed by atoms with Crippen molar-refractivity contribution in [2.75, 3.05) is 37.2 Å². The first-order valence-corrected chi connectivity index (χ1v) is 7.46. The highest BCUT2D eigenvalue weighted by Crippen LogP contribution is 2.23. The first-order valence-electron chi connectivity index (χ1n) is 7.46. The van der Waals surface area contributed by atoms with Gasteiger partial charge in [-0.3, -0.25) is 4.90 Å². The molecular formula is C15H18F3N5. The fraction of sp³-hybridized carbons (Fsp3) is 0.467. The average Bonchev–Trinajstić information content (AvgIpc) is 2.90. The van der Waals surface area contributed by atoms with E-state index in [1.165, 1.54) is 4.90 Å². The number of hydrogen-bond acceptors (Lipinski definition) is 5. The zero-order valence-corrected chi connectivity index (χ0v) is 12.5. The number of nitrogen functional groups attached to an aromatic ring is 1. The topological polar surface area (TPSA) is 67.1 Å². The third-order valence-corrected chi connectivity index (χ3v) is 3.95. The monoisotopic (exact) mass is 325 g/mol. The molecule has 1 saturated heterocycles. The third-order valence-electron chi connectivity index (χ3n) is 3.95. The Kier molecular flexibility index (Phi) is 4.25. The number of halogens is 3. The van der Waals surface area contributed by atoms with Crippen LogP contribution < -0.4 is 11.1 Å². The number of likely N-dealkylation sites (tertiary alicyclic amines) is 1. The van der Waals surface area contributed by atoms with Crippen LogP contribution in [0.15, 0.2) is 24.3 Å². The summed E-state index contributed by atoms with van der Waals surface area (Å²) in [4.78, 5) is 10.0. The summed E-state index contributed by atoms with van der Waals surface area (Å²) in [6.07, 6.45) is -3.41. The second-order valence-corrected chi connectivity index (χ2v) is 5.84. The molecule has 1 aliphatic heterocycles. The van der Waals surface area contributed by atoms with E-state index in [0.717, 1.165) is 17.3 Å². The Bertz CT molecular complexity index is 688. The van der Waals surface area contributed by atoms with E-state index < -0.39 is 12.7 Å². The predicted octanol–water partition coefficient (Wildman–Crippen LogP) is 2.51. The quantitative estimate of drug-likeness (QED) is 0.904. The van der Waals surface area contributed by atoms with Crippen LogP contribution in [0.3, 0.4) is 0 Å². The van der Waals surface area contributed by atoms with Crippen molar-refractivity contribution in [2.45, 2.75) is 12.6 Å². The number of para-hydroxylation sites is 1. The van der Waals surface area contributed by atoms with Crippen LogP contribution >= 0.6 is 0 Å². The van der Waals surface area contributed by atoms with Gasteiger partial charge in [-0.25, -0.2) is 4.98 Å². The number of benzene rings is 1. The fourth-order valence-electron chi connectivity index (χ4n) is 2.89. The highest BCUT2D eigenvalue weighted by molar-refractivity contribution is 5.88. The van der Waals surface area contributed by atoms with E-state index in [0.29, 0.717) is 31.4 Å². The van der Waals surface area contributed by atoms with Gasteiger partial charge in [0, 0.05) is 18.5 Å². The van der Waals surface area contributed by atoms with E-state index in [1.54, 1.807) is 0 Å². The summed E-state index contributed by atoms with van der Waals surface area (Å²) in [5.74, 6) is 0.951. The molecule has 0 saturated carbocycles. The number of fused-ring (bicyclic) bond motifs is 1. The van der Waals surface area contributed by atoms with Crippen molar-refractivity contribution in [3.63, 3.8) is 0 Å². The largest absolute Gasteiger partial charge is 0.401 e. The van der Waals surface area contributed by atoms with Crippen LogP contribution in [0.5, 0.6) is 0 Å². The molecule has 2 aromatic rings. The molecule has 0 bridgehead atoms. The lowest BCUT2D eigenvalue weighted by atomic mass is 10.1. The van der Waals surface area contributed by atoms with Crippen molar-refractivity contribution in [1.29, 1.82) is 0 Å². The SMILES string of the molecule is Nc1nc(NC[C@H]2CCN(CC(F)(F)F)C2)nc2ccccc12. The van der Waals surface area contributed by atoms with Crippen molar-refractivity contribution in [3.8, 4) is 0 Å². The summed E-state index contributed by atoms with van der Waals surface area (Å²) in [5, 5.41) is 3.88. The fourth-order valence-corrected chi connectivity index (χ4v) is 2.89. The molecule has 8 heteroatoms. The number of rotatable bonds is 4. The van der Waals surface area contributed by atoms with Gasteiger partial charge in [-0.2, -0.15) is 18.2 Å². The minimum Gasteiger partial charge on any atom is -0.383 e. The Morgan fingerprint density at radius 3 is 2.83 bits per heavy atom. The first kappa shape index (κ1) is 15.8. The minimum absolute atomic E-state index is 0.147. The van der Waals surface area contributed by atoms with Crippen molar-refractivity contribution in [3.05, 3.63) is 24.3 Å². The Labute approximate surface area is 131 Å². The van der Waals surface area contributed by atoms with Crippen molar-refractivity contribution < 1.29 is 13.2 Å². The molecule has 3 rings (SSSR count). The molecule has 1 aromatic carbocycles. The summed E-state index contributed by atoms with van der Waals surface area (Å²) in [7, 11) is 0. The highest BCUT2D eigenvalue weighted by atomic mass is 19.4. The lowest BCUT2D eigenvalue weighted by molar-refractivity contribution is -0.143. The molecule has 0 unspecified atom stereocenters. The van der Waals surface area contributed by atoms with Gasteiger partial charge in [-0.05, 0) is 31.0 Å². The molecule has 5 nitrogen and oxygen atoms in total. The van der Waals surface area contributed by atoms with Crippen LogP contribution in [-0.4, -0.2) is 47.2 Å². The lowest BCUT2D eigenvalue weighted by Gasteiger charge is -2.18. The normalized spacial score (nSPS) is 19.3. The predicted molar refractivity (Wildman–Crippen MR) is 83.0 cm³/mol. The van der Waals surface area contributed by atoms with Gasteiger partial charge in [0.2, 0.25) is 5.95 Å². The van der Waals surface area contributed by atoms with Gasteiger partial charge < -0.3 is 11.1 Å². The molecule has 2 heterocycles. The van der Waals surface area contributed by atoms with Crippen LogP contribution in [-0.2, 0) is 0 Å². The van der Waals surface area contributed by atoms with Crippen LogP contribution in [0.25, 0.3) is 10.9 Å². The number of anilines is 2. The summed E-state index contributed by atoms with van der Waals surface area (Å²) in [6, 6.07) is 7.42. The third kappa shape index (κ3) is 4.01. The van der Waals surface area contributed by atoms with Gasteiger partial charge in [0.05, 0.1) is 12.1 Å². The van der Waals surface area contributed by atoms with E-state index in [-0.39, 0.29) is 5.92 Å². The lowest BCUT2D eigenvalue weighted by Crippen LogP contribution is -2.33.